The zero-order chi connectivity index (χ0) is 17.3. The summed E-state index contributed by atoms with van der Waals surface area (Å²) in [5.41, 5.74) is -0.756. The lowest BCUT2D eigenvalue weighted by molar-refractivity contribution is -0.143. The Bertz CT molecular complexity index is 847. The lowest BCUT2D eigenvalue weighted by atomic mass is 9.77. The number of nitrogens with one attached hydrogen (secondary N) is 2. The first kappa shape index (κ1) is 15.4. The van der Waals surface area contributed by atoms with Crippen LogP contribution in [0.25, 0.3) is 10.8 Å². The number of hydrogen-bond donors (Lipinski definition) is 3. The predicted molar refractivity (Wildman–Crippen MR) is 91.6 cm³/mol. The first-order valence-electron chi connectivity index (χ1n) is 8.19. The molecule has 2 fully saturated rings. The number of carbonyl (C=O) groups excluding carboxylic acids is 1. The van der Waals surface area contributed by atoms with Crippen molar-refractivity contribution in [3.05, 3.63) is 36.4 Å². The molecule has 2 aromatic rings. The van der Waals surface area contributed by atoms with Crippen LogP contribution >= 0.6 is 0 Å². The fraction of sp³-hybridized carbons (Fsp3) is 0.421. The zero-order valence-corrected chi connectivity index (χ0v) is 14.3. The number of phenolic OH excluding ortho intramolecular Hbond substituents is 1. The van der Waals surface area contributed by atoms with Crippen molar-refractivity contribution in [1.29, 1.82) is 0 Å². The van der Waals surface area contributed by atoms with Crippen LogP contribution in [0.3, 0.4) is 0 Å². The fourth-order valence-electron chi connectivity index (χ4n) is 3.85. The van der Waals surface area contributed by atoms with E-state index in [2.05, 4.69) is 17.6 Å². The highest BCUT2D eigenvalue weighted by Crippen LogP contribution is 2.59. The molecule has 2 heterocycles. The molecule has 0 amide bonds. The summed E-state index contributed by atoms with van der Waals surface area (Å²) in [7, 11) is 0. The van der Waals surface area contributed by atoms with Gasteiger partial charge in [-0.05, 0) is 24.5 Å². The van der Waals surface area contributed by atoms with Gasteiger partial charge in [0.25, 0.3) is 0 Å². The molecule has 0 bridgehead atoms. The van der Waals surface area contributed by atoms with Gasteiger partial charge in [0.05, 0.1) is 5.92 Å². The summed E-state index contributed by atoms with van der Waals surface area (Å²) >= 11 is 0. The van der Waals surface area contributed by atoms with Gasteiger partial charge >= 0.3 is 5.97 Å². The Morgan fingerprint density at radius 3 is 2.25 bits per heavy atom. The lowest BCUT2D eigenvalue weighted by Crippen LogP contribution is -2.45. The molecular weight excluding hydrogens is 304 g/mol. The summed E-state index contributed by atoms with van der Waals surface area (Å²) in [4.78, 5) is 13.0. The van der Waals surface area contributed by atoms with E-state index in [0.717, 1.165) is 5.39 Å². The van der Waals surface area contributed by atoms with Crippen molar-refractivity contribution in [3.63, 3.8) is 0 Å². The maximum Gasteiger partial charge on any atom is 0.318 e. The zero-order valence-electron chi connectivity index (χ0n) is 14.3. The van der Waals surface area contributed by atoms with Gasteiger partial charge in [-0.1, -0.05) is 45.0 Å². The second kappa shape index (κ2) is 4.49. The number of esters is 1. The van der Waals surface area contributed by atoms with Crippen LogP contribution in [-0.2, 0) is 4.79 Å². The number of benzene rings is 2. The van der Waals surface area contributed by atoms with E-state index in [1.807, 2.05) is 45.0 Å². The van der Waals surface area contributed by atoms with Crippen LogP contribution in [0.2, 0.25) is 0 Å². The van der Waals surface area contributed by atoms with Crippen molar-refractivity contribution >= 4 is 16.7 Å². The molecule has 5 heteroatoms. The molecule has 4 rings (SSSR count). The highest BCUT2D eigenvalue weighted by atomic mass is 16.5. The molecule has 2 aliphatic heterocycles. The van der Waals surface area contributed by atoms with Gasteiger partial charge in [0.2, 0.25) is 0 Å². The minimum Gasteiger partial charge on any atom is -0.507 e. The first-order valence-corrected chi connectivity index (χ1v) is 8.19. The first-order chi connectivity index (χ1) is 11.2. The quantitative estimate of drug-likeness (QED) is 0.458. The van der Waals surface area contributed by atoms with E-state index in [9.17, 15) is 9.90 Å². The fourth-order valence-corrected chi connectivity index (χ4v) is 3.85. The van der Waals surface area contributed by atoms with E-state index in [1.54, 1.807) is 12.1 Å². The highest BCUT2D eigenvalue weighted by molar-refractivity contribution is 5.95. The molecule has 2 saturated heterocycles. The molecule has 0 radical (unpaired) electrons. The summed E-state index contributed by atoms with van der Waals surface area (Å²) in [6.07, 6.45) is 0. The summed E-state index contributed by atoms with van der Waals surface area (Å²) in [5.74, 6) is 0.0702. The van der Waals surface area contributed by atoms with Crippen LogP contribution in [0, 0.1) is 11.3 Å². The van der Waals surface area contributed by atoms with E-state index in [-0.39, 0.29) is 34.4 Å². The van der Waals surface area contributed by atoms with Crippen LogP contribution in [0.5, 0.6) is 11.5 Å². The largest absolute Gasteiger partial charge is 0.507 e. The standard InChI is InChI=1S/C19H22N2O3/c1-17(2,3)15(19-18(4,20-19)21-19)16(23)24-14-10-9-13(22)11-7-5-6-8-12(11)14/h5-10,15,20-22H,1-4H3. The molecular formula is C19H22N2O3. The third-order valence-corrected chi connectivity index (χ3v) is 5.16. The predicted octanol–water partition coefficient (Wildman–Crippen LogP) is 2.73. The van der Waals surface area contributed by atoms with Crippen molar-refractivity contribution in [2.45, 2.75) is 39.0 Å². The van der Waals surface area contributed by atoms with Gasteiger partial charge in [-0.3, -0.25) is 15.4 Å². The van der Waals surface area contributed by atoms with Gasteiger partial charge in [-0.2, -0.15) is 0 Å². The van der Waals surface area contributed by atoms with Gasteiger partial charge in [0.1, 0.15) is 22.8 Å². The number of fused-ring (bicyclic) bond motifs is 2. The number of ether oxygens (including phenoxy) is 1. The smallest absolute Gasteiger partial charge is 0.318 e. The molecule has 1 unspecified atom stereocenters. The Balaban J connectivity index is 1.68. The third kappa shape index (κ3) is 2.05. The summed E-state index contributed by atoms with van der Waals surface area (Å²) < 4.78 is 5.78. The number of hydrogen-bond acceptors (Lipinski definition) is 5. The SMILES string of the molecule is CC(C)(C)C(C(=O)Oc1ccc(O)c2ccccc12)C12NC1(C)N2. The molecule has 0 aromatic heterocycles. The normalized spacial score (nSPS) is 29.0. The molecule has 0 aliphatic carbocycles. The average Bonchev–Trinajstić information content (AvgIpc) is 3.25. The average molecular weight is 326 g/mol. The Morgan fingerprint density at radius 2 is 1.71 bits per heavy atom. The second-order valence-electron chi connectivity index (χ2n) is 8.03. The summed E-state index contributed by atoms with van der Waals surface area (Å²) in [6.45, 7) is 8.18. The van der Waals surface area contributed by atoms with Crippen LogP contribution < -0.4 is 15.4 Å². The van der Waals surface area contributed by atoms with E-state index >= 15 is 0 Å². The minimum atomic E-state index is -0.352. The lowest BCUT2D eigenvalue weighted by Gasteiger charge is -2.30. The molecule has 3 N–H and O–H groups in total. The van der Waals surface area contributed by atoms with Gasteiger partial charge in [-0.15, -0.1) is 0 Å². The molecule has 1 atom stereocenters. The van der Waals surface area contributed by atoms with Crippen LogP contribution in [0.15, 0.2) is 36.4 Å². The van der Waals surface area contributed by atoms with E-state index in [1.165, 1.54) is 0 Å². The maximum atomic E-state index is 13.0. The molecule has 24 heavy (non-hydrogen) atoms. The monoisotopic (exact) mass is 326 g/mol. The van der Waals surface area contributed by atoms with Gasteiger partial charge < -0.3 is 9.84 Å². The van der Waals surface area contributed by atoms with Crippen molar-refractivity contribution < 1.29 is 14.6 Å². The molecule has 0 spiro atoms. The highest BCUT2D eigenvalue weighted by Gasteiger charge is 2.86. The van der Waals surface area contributed by atoms with Crippen LogP contribution in [0.4, 0.5) is 0 Å². The topological polar surface area (TPSA) is 90.4 Å². The van der Waals surface area contributed by atoms with Crippen molar-refractivity contribution in [1.82, 2.24) is 10.6 Å². The molecule has 0 saturated carbocycles. The van der Waals surface area contributed by atoms with Crippen LogP contribution in [-0.4, -0.2) is 22.4 Å². The van der Waals surface area contributed by atoms with Crippen molar-refractivity contribution in [3.8, 4) is 11.5 Å². The van der Waals surface area contributed by atoms with Gasteiger partial charge in [0, 0.05) is 10.8 Å². The molecule has 2 aromatic carbocycles. The van der Waals surface area contributed by atoms with Gasteiger partial charge in [0.15, 0.2) is 0 Å². The van der Waals surface area contributed by atoms with Gasteiger partial charge in [-0.25, -0.2) is 0 Å². The summed E-state index contributed by atoms with van der Waals surface area (Å²) in [6, 6.07) is 10.6. The number of aromatic hydroxyl groups is 1. The Morgan fingerprint density at radius 1 is 1.12 bits per heavy atom. The number of phenols is 1. The molecule has 2 aliphatic rings. The Labute approximate surface area is 141 Å². The third-order valence-electron chi connectivity index (χ3n) is 5.16. The number of carbonyl (C=O) groups is 1. The number of rotatable bonds is 3. The maximum absolute atomic E-state index is 13.0. The molecule has 126 valence electrons. The minimum absolute atomic E-state index is 0.152. The van der Waals surface area contributed by atoms with E-state index in [4.69, 9.17) is 4.74 Å². The second-order valence-corrected chi connectivity index (χ2v) is 8.03. The Hall–Kier alpha value is -2.11. The van der Waals surface area contributed by atoms with Crippen molar-refractivity contribution in [2.75, 3.05) is 0 Å². The molecule has 5 nitrogen and oxygen atoms in total. The van der Waals surface area contributed by atoms with Crippen molar-refractivity contribution in [2.24, 2.45) is 11.3 Å². The van der Waals surface area contributed by atoms with E-state index < -0.39 is 0 Å². The van der Waals surface area contributed by atoms with E-state index in [0.29, 0.717) is 11.1 Å². The Kier molecular flexibility index (Phi) is 2.89. The summed E-state index contributed by atoms with van der Waals surface area (Å²) in [5, 5.41) is 18.1. The van der Waals surface area contributed by atoms with Crippen LogP contribution in [0.1, 0.15) is 27.7 Å².